The number of hydrogen-bond acceptors (Lipinski definition) is 4. The second-order valence-corrected chi connectivity index (χ2v) is 3.48. The van der Waals surface area contributed by atoms with E-state index in [0.717, 1.165) is 25.2 Å². The molecule has 3 nitrogen and oxygen atoms in total. The summed E-state index contributed by atoms with van der Waals surface area (Å²) in [7, 11) is 2.10. The van der Waals surface area contributed by atoms with Gasteiger partial charge in [-0.2, -0.15) is 0 Å². The van der Waals surface area contributed by atoms with Crippen LogP contribution in [0.4, 0.5) is 0 Å². The smallest absolute Gasteiger partial charge is 0.332 e. The third kappa shape index (κ3) is 2.60. The molecule has 0 fully saturated rings. The van der Waals surface area contributed by atoms with Gasteiger partial charge in [-0.25, -0.2) is 0 Å². The summed E-state index contributed by atoms with van der Waals surface area (Å²) in [6.45, 7) is 2.02. The molecule has 0 aliphatic carbocycles. The fourth-order valence-electron chi connectivity index (χ4n) is 1.44. The SMILES string of the molecule is CN1CCc2nc(=S)nc[c-]2C1.[Na+]. The molecule has 0 unspecified atom stereocenters. The molecule has 64 valence electrons. The molecule has 0 amide bonds. The van der Waals surface area contributed by atoms with E-state index in [1.165, 1.54) is 5.56 Å². The van der Waals surface area contributed by atoms with E-state index < -0.39 is 0 Å². The zero-order valence-electron chi connectivity index (χ0n) is 7.95. The first kappa shape index (κ1) is 11.3. The minimum absolute atomic E-state index is 0. The molecule has 1 aromatic heterocycles. The third-order valence-corrected chi connectivity index (χ3v) is 2.30. The van der Waals surface area contributed by atoms with Gasteiger partial charge in [0, 0.05) is 0 Å². The number of rotatable bonds is 0. The van der Waals surface area contributed by atoms with Crippen molar-refractivity contribution >= 4 is 12.2 Å². The van der Waals surface area contributed by atoms with E-state index >= 15 is 0 Å². The monoisotopic (exact) mass is 203 g/mol. The summed E-state index contributed by atoms with van der Waals surface area (Å²) in [5.74, 6) is 0. The molecule has 0 radical (unpaired) electrons. The van der Waals surface area contributed by atoms with Crippen molar-refractivity contribution in [2.24, 2.45) is 0 Å². The Labute approximate surface area is 105 Å². The summed E-state index contributed by atoms with van der Waals surface area (Å²) >= 11 is 4.89. The van der Waals surface area contributed by atoms with Crippen LogP contribution in [0.25, 0.3) is 0 Å². The Morgan fingerprint density at radius 2 is 2.38 bits per heavy atom. The molecule has 1 aliphatic rings. The second-order valence-electron chi connectivity index (χ2n) is 3.11. The van der Waals surface area contributed by atoms with Crippen molar-refractivity contribution in [1.29, 1.82) is 0 Å². The van der Waals surface area contributed by atoms with Gasteiger partial charge >= 0.3 is 29.6 Å². The zero-order valence-corrected chi connectivity index (χ0v) is 10.8. The van der Waals surface area contributed by atoms with Gasteiger partial charge in [-0.05, 0) is 32.2 Å². The Morgan fingerprint density at radius 3 is 3.15 bits per heavy atom. The van der Waals surface area contributed by atoms with Gasteiger partial charge in [0.25, 0.3) is 0 Å². The fourth-order valence-corrected chi connectivity index (χ4v) is 1.60. The van der Waals surface area contributed by atoms with E-state index in [0.29, 0.717) is 4.77 Å². The van der Waals surface area contributed by atoms with Crippen molar-refractivity contribution < 1.29 is 29.6 Å². The Morgan fingerprint density at radius 1 is 1.62 bits per heavy atom. The molecule has 0 aromatic carbocycles. The van der Waals surface area contributed by atoms with E-state index in [-0.39, 0.29) is 29.6 Å². The molecule has 1 aromatic rings. The van der Waals surface area contributed by atoms with Gasteiger partial charge in [-0.15, -0.1) is 18.4 Å². The maximum atomic E-state index is 4.89. The predicted molar refractivity (Wildman–Crippen MR) is 48.5 cm³/mol. The predicted octanol–water partition coefficient (Wildman–Crippen LogP) is -2.08. The number of aromatic nitrogens is 2. The van der Waals surface area contributed by atoms with Crippen molar-refractivity contribution in [2.45, 2.75) is 13.0 Å². The maximum absolute atomic E-state index is 4.89. The Hall–Kier alpha value is 0.260. The number of nitrogens with zero attached hydrogens (tertiary/aromatic N) is 3. The van der Waals surface area contributed by atoms with Crippen molar-refractivity contribution in [2.75, 3.05) is 13.6 Å². The van der Waals surface area contributed by atoms with Crippen LogP contribution in [0.5, 0.6) is 0 Å². The van der Waals surface area contributed by atoms with E-state index in [9.17, 15) is 0 Å². The van der Waals surface area contributed by atoms with Crippen molar-refractivity contribution in [1.82, 2.24) is 14.9 Å². The maximum Gasteiger partial charge on any atom is 1.00 e. The Kier molecular flexibility index (Phi) is 4.06. The molecular formula is C8H10N3NaS. The summed E-state index contributed by atoms with van der Waals surface area (Å²) in [6.07, 6.45) is 2.85. The van der Waals surface area contributed by atoms with Crippen LogP contribution in [-0.4, -0.2) is 28.5 Å². The van der Waals surface area contributed by atoms with Crippen molar-refractivity contribution in [3.63, 3.8) is 0 Å². The average Bonchev–Trinajstić information content (AvgIpc) is 2.05. The first-order valence-corrected chi connectivity index (χ1v) is 4.37. The van der Waals surface area contributed by atoms with E-state index in [1.807, 2.05) is 6.20 Å². The molecule has 0 bridgehead atoms. The van der Waals surface area contributed by atoms with Crippen LogP contribution in [-0.2, 0) is 13.0 Å². The van der Waals surface area contributed by atoms with Crippen molar-refractivity contribution in [3.05, 3.63) is 22.2 Å². The van der Waals surface area contributed by atoms with Gasteiger partial charge in [0.1, 0.15) is 0 Å². The van der Waals surface area contributed by atoms with Crippen LogP contribution in [0.1, 0.15) is 11.3 Å². The minimum atomic E-state index is 0. The summed E-state index contributed by atoms with van der Waals surface area (Å²) < 4.78 is 0.471. The molecule has 1 aliphatic heterocycles. The zero-order chi connectivity index (χ0) is 8.55. The van der Waals surface area contributed by atoms with Crippen LogP contribution < -0.4 is 29.6 Å². The third-order valence-electron chi connectivity index (χ3n) is 2.10. The first-order valence-electron chi connectivity index (χ1n) is 3.96. The van der Waals surface area contributed by atoms with E-state index in [1.54, 1.807) is 0 Å². The van der Waals surface area contributed by atoms with E-state index in [2.05, 4.69) is 21.9 Å². The van der Waals surface area contributed by atoms with Crippen LogP contribution >= 0.6 is 12.2 Å². The summed E-state index contributed by atoms with van der Waals surface area (Å²) in [5.41, 5.74) is 2.35. The van der Waals surface area contributed by atoms with Gasteiger partial charge in [0.05, 0.1) is 0 Å². The normalized spacial score (nSPS) is 16.1. The minimum Gasteiger partial charge on any atom is -0.332 e. The van der Waals surface area contributed by atoms with Gasteiger partial charge in [-0.3, -0.25) is 15.5 Å². The first-order chi connectivity index (χ1) is 5.75. The second kappa shape index (κ2) is 4.66. The number of fused-ring (bicyclic) bond motifs is 1. The van der Waals surface area contributed by atoms with Crippen LogP contribution in [0.3, 0.4) is 0 Å². The van der Waals surface area contributed by atoms with Crippen molar-refractivity contribution in [3.8, 4) is 0 Å². The molecule has 0 atom stereocenters. The molecule has 0 N–H and O–H groups in total. The molecule has 13 heavy (non-hydrogen) atoms. The van der Waals surface area contributed by atoms with Gasteiger partial charge in [0.2, 0.25) is 4.77 Å². The van der Waals surface area contributed by atoms with Gasteiger partial charge < -0.3 is 4.90 Å². The Bertz CT molecular complexity index is 349. The number of hydrogen-bond donors (Lipinski definition) is 0. The van der Waals surface area contributed by atoms with E-state index in [4.69, 9.17) is 12.2 Å². The van der Waals surface area contributed by atoms with Crippen LogP contribution in [0, 0.1) is 4.77 Å². The molecule has 2 heterocycles. The molecule has 0 saturated carbocycles. The summed E-state index contributed by atoms with van der Waals surface area (Å²) in [5, 5.41) is 0. The standard InChI is InChI=1S/C8H10N3S.Na/c1-11-3-2-7-6(5-11)4-9-8(12)10-7;/h4H,2-3,5H2,1H3;/q-1;+1. The molecular weight excluding hydrogens is 193 g/mol. The number of likely N-dealkylation sites (N-methyl/N-ethyl adjacent to an activating group) is 1. The average molecular weight is 203 g/mol. The molecule has 0 spiro atoms. The van der Waals surface area contributed by atoms with Gasteiger partial charge in [-0.1, -0.05) is 0 Å². The van der Waals surface area contributed by atoms with Crippen LogP contribution in [0.15, 0.2) is 6.20 Å². The largest absolute Gasteiger partial charge is 1.00 e. The quantitative estimate of drug-likeness (QED) is 0.275. The van der Waals surface area contributed by atoms with Gasteiger partial charge in [0.15, 0.2) is 0 Å². The summed E-state index contributed by atoms with van der Waals surface area (Å²) in [4.78, 5) is 10.5. The van der Waals surface area contributed by atoms with Crippen LogP contribution in [0.2, 0.25) is 0 Å². The molecule has 5 heteroatoms. The molecule has 2 rings (SSSR count). The summed E-state index contributed by atoms with van der Waals surface area (Å²) in [6, 6.07) is 0. The fraction of sp³-hybridized carbons (Fsp3) is 0.500. The topological polar surface area (TPSA) is 29.0 Å². The molecule has 0 saturated heterocycles. The Balaban J connectivity index is 0.000000845.